The van der Waals surface area contributed by atoms with Crippen molar-refractivity contribution in [2.75, 3.05) is 25.0 Å². The number of anilines is 1. The Hall–Kier alpha value is -2.96. The second kappa shape index (κ2) is 10.6. The van der Waals surface area contributed by atoms with Gasteiger partial charge in [0.05, 0.1) is 11.6 Å². The van der Waals surface area contributed by atoms with Crippen molar-refractivity contribution < 1.29 is 27.4 Å². The average Bonchev–Trinajstić information content (AvgIpc) is 2.75. The molecule has 1 unspecified atom stereocenters. The van der Waals surface area contributed by atoms with Crippen molar-refractivity contribution in [1.82, 2.24) is 4.90 Å². The van der Waals surface area contributed by atoms with Gasteiger partial charge < -0.3 is 9.47 Å². The van der Waals surface area contributed by atoms with E-state index in [0.29, 0.717) is 35.7 Å². The molecule has 2 aromatic rings. The zero-order valence-electron chi connectivity index (χ0n) is 16.9. The van der Waals surface area contributed by atoms with Crippen LogP contribution in [0.5, 0.6) is 5.75 Å². The van der Waals surface area contributed by atoms with Crippen LogP contribution in [0.1, 0.15) is 18.4 Å². The highest BCUT2D eigenvalue weighted by atomic mass is 35.5. The number of alkyl halides is 3. The maximum absolute atomic E-state index is 13.5. The lowest BCUT2D eigenvalue weighted by Crippen LogP contribution is -2.49. The number of benzene rings is 2. The molecule has 1 saturated heterocycles. The van der Waals surface area contributed by atoms with Gasteiger partial charge in [0.15, 0.2) is 0 Å². The molecule has 0 aliphatic carbocycles. The maximum atomic E-state index is 13.5. The number of piperidine rings is 1. The van der Waals surface area contributed by atoms with Crippen LogP contribution in [0.15, 0.2) is 48.5 Å². The number of hydrogen-bond acceptors (Lipinski definition) is 5. The van der Waals surface area contributed by atoms with Gasteiger partial charge in [-0.3, -0.25) is 10.2 Å². The molecule has 1 fully saturated rings. The predicted molar refractivity (Wildman–Crippen MR) is 113 cm³/mol. The number of nitriles is 1. The van der Waals surface area contributed by atoms with Crippen molar-refractivity contribution >= 4 is 23.4 Å². The van der Waals surface area contributed by atoms with E-state index in [4.69, 9.17) is 26.3 Å². The van der Waals surface area contributed by atoms with E-state index < -0.39 is 24.9 Å². The number of ether oxygens (including phenoxy) is 2. The number of halogens is 4. The van der Waals surface area contributed by atoms with Crippen LogP contribution in [0.2, 0.25) is 5.02 Å². The number of rotatable bonds is 6. The Labute approximate surface area is 188 Å². The van der Waals surface area contributed by atoms with Crippen LogP contribution < -0.4 is 10.1 Å². The summed E-state index contributed by atoms with van der Waals surface area (Å²) in [6.07, 6.45) is -7.19. The van der Waals surface area contributed by atoms with Gasteiger partial charge in [-0.05, 0) is 67.9 Å². The maximum Gasteiger partial charge on any atom is 0.426 e. The third kappa shape index (κ3) is 7.04. The van der Waals surface area contributed by atoms with Gasteiger partial charge in [0.2, 0.25) is 6.10 Å². The topological polar surface area (TPSA) is 74.6 Å². The lowest BCUT2D eigenvalue weighted by atomic mass is 10.1. The summed E-state index contributed by atoms with van der Waals surface area (Å²) in [4.78, 5) is 13.6. The number of amides is 1. The summed E-state index contributed by atoms with van der Waals surface area (Å²) >= 11 is 5.76. The molecule has 0 spiro atoms. The summed E-state index contributed by atoms with van der Waals surface area (Å²) in [7, 11) is 0. The lowest BCUT2D eigenvalue weighted by Gasteiger charge is -2.35. The van der Waals surface area contributed by atoms with Crippen LogP contribution in [0, 0.1) is 11.3 Å². The van der Waals surface area contributed by atoms with Crippen LogP contribution in [-0.4, -0.2) is 49.0 Å². The molecule has 1 aliphatic heterocycles. The molecule has 0 radical (unpaired) electrons. The summed E-state index contributed by atoms with van der Waals surface area (Å²) in [5, 5.41) is 11.6. The summed E-state index contributed by atoms with van der Waals surface area (Å²) in [6.45, 7) is 0.196. The van der Waals surface area contributed by atoms with E-state index in [-0.39, 0.29) is 18.3 Å². The third-order valence-corrected chi connectivity index (χ3v) is 5.13. The largest absolute Gasteiger partial charge is 0.489 e. The minimum atomic E-state index is -4.72. The number of nitrogens with one attached hydrogen (secondary N) is 1. The summed E-state index contributed by atoms with van der Waals surface area (Å²) < 4.78 is 51.2. The van der Waals surface area contributed by atoms with Crippen LogP contribution >= 0.6 is 11.6 Å². The molecule has 1 heterocycles. The van der Waals surface area contributed by atoms with E-state index >= 15 is 0 Å². The molecule has 2 aromatic carbocycles. The van der Waals surface area contributed by atoms with Gasteiger partial charge in [0, 0.05) is 23.8 Å². The van der Waals surface area contributed by atoms with Gasteiger partial charge in [0.25, 0.3) is 0 Å². The molecule has 1 amide bonds. The predicted octanol–water partition coefficient (Wildman–Crippen LogP) is 5.23. The van der Waals surface area contributed by atoms with Crippen molar-refractivity contribution in [3.05, 3.63) is 59.1 Å². The van der Waals surface area contributed by atoms with Crippen LogP contribution in [0.4, 0.5) is 23.7 Å². The Kier molecular flexibility index (Phi) is 7.83. The number of nitrogens with zero attached hydrogens (tertiary/aromatic N) is 2. The number of carbonyl (C=O) groups is 1. The van der Waals surface area contributed by atoms with Gasteiger partial charge in [-0.2, -0.15) is 18.4 Å². The van der Waals surface area contributed by atoms with Crippen molar-refractivity contribution in [2.24, 2.45) is 0 Å². The molecule has 0 aromatic heterocycles. The van der Waals surface area contributed by atoms with Gasteiger partial charge >= 0.3 is 12.3 Å². The van der Waals surface area contributed by atoms with Crippen molar-refractivity contribution in [3.8, 4) is 11.8 Å². The molecule has 10 heteroatoms. The minimum Gasteiger partial charge on any atom is -0.489 e. The number of likely N-dealkylation sites (tertiary alicyclic amines) is 1. The van der Waals surface area contributed by atoms with Gasteiger partial charge in [-0.25, -0.2) is 4.79 Å². The summed E-state index contributed by atoms with van der Waals surface area (Å²) in [5.41, 5.74) is 0.763. The van der Waals surface area contributed by atoms with Gasteiger partial charge in [0.1, 0.15) is 11.9 Å². The second-order valence-corrected chi connectivity index (χ2v) is 7.78. The first-order valence-corrected chi connectivity index (χ1v) is 10.3. The van der Waals surface area contributed by atoms with E-state index in [1.807, 2.05) is 6.07 Å². The number of carbonyl (C=O) groups excluding carboxylic acids is 1. The number of hydrogen-bond donors (Lipinski definition) is 1. The standard InChI is InChI=1S/C22H21ClF3N3O3/c23-16-5-7-17(8-6-16)28-21(30)32-20(22(24,25)26)14-29-11-1-2-19(13-29)31-18-9-3-15(12-27)4-10-18/h3-10,19-20H,1-2,11,13-14H2,(H,28,30)/t19?,20-/m0/s1. The Bertz CT molecular complexity index is 946. The summed E-state index contributed by atoms with van der Waals surface area (Å²) in [6, 6.07) is 14.5. The smallest absolute Gasteiger partial charge is 0.426 e. The molecule has 170 valence electrons. The molecular weight excluding hydrogens is 447 g/mol. The Morgan fingerprint density at radius 1 is 1.22 bits per heavy atom. The molecule has 2 atom stereocenters. The van der Waals surface area contributed by atoms with Crippen LogP contribution in [0.3, 0.4) is 0 Å². The third-order valence-electron chi connectivity index (χ3n) is 4.88. The SMILES string of the molecule is N#Cc1ccc(OC2CCCN(C[C@H](OC(=O)Nc3ccc(Cl)cc3)C(F)(F)F)C2)cc1. The average molecular weight is 468 g/mol. The molecule has 0 bridgehead atoms. The summed E-state index contributed by atoms with van der Waals surface area (Å²) in [5.74, 6) is 0.543. The van der Waals surface area contributed by atoms with E-state index in [9.17, 15) is 18.0 Å². The molecule has 6 nitrogen and oxygen atoms in total. The lowest BCUT2D eigenvalue weighted by molar-refractivity contribution is -0.207. The van der Waals surface area contributed by atoms with Gasteiger partial charge in [-0.1, -0.05) is 11.6 Å². The fourth-order valence-corrected chi connectivity index (χ4v) is 3.45. The quantitative estimate of drug-likeness (QED) is 0.629. The zero-order valence-corrected chi connectivity index (χ0v) is 17.7. The first-order valence-electron chi connectivity index (χ1n) is 9.92. The van der Waals surface area contributed by atoms with Crippen molar-refractivity contribution in [3.63, 3.8) is 0 Å². The van der Waals surface area contributed by atoms with E-state index in [2.05, 4.69) is 5.32 Å². The van der Waals surface area contributed by atoms with E-state index in [0.717, 1.165) is 0 Å². The monoisotopic (exact) mass is 467 g/mol. The molecular formula is C22H21ClF3N3O3. The normalized spacial score (nSPS) is 17.8. The highest BCUT2D eigenvalue weighted by Crippen LogP contribution is 2.26. The van der Waals surface area contributed by atoms with E-state index in [1.165, 1.54) is 24.3 Å². The molecule has 1 aliphatic rings. The fraction of sp³-hybridized carbons (Fsp3) is 0.364. The zero-order chi connectivity index (χ0) is 23.1. The first kappa shape index (κ1) is 23.7. The van der Waals surface area contributed by atoms with E-state index in [1.54, 1.807) is 29.2 Å². The van der Waals surface area contributed by atoms with Crippen LogP contribution in [-0.2, 0) is 4.74 Å². The Morgan fingerprint density at radius 3 is 2.53 bits per heavy atom. The van der Waals surface area contributed by atoms with Crippen molar-refractivity contribution in [2.45, 2.75) is 31.2 Å². The Balaban J connectivity index is 1.57. The van der Waals surface area contributed by atoms with Crippen molar-refractivity contribution in [1.29, 1.82) is 5.26 Å². The minimum absolute atomic E-state index is 0.259. The molecule has 1 N–H and O–H groups in total. The fourth-order valence-electron chi connectivity index (χ4n) is 3.33. The van der Waals surface area contributed by atoms with Crippen LogP contribution in [0.25, 0.3) is 0 Å². The van der Waals surface area contributed by atoms with Gasteiger partial charge in [-0.15, -0.1) is 0 Å². The Morgan fingerprint density at radius 2 is 1.91 bits per heavy atom. The molecule has 3 rings (SSSR count). The molecule has 32 heavy (non-hydrogen) atoms. The second-order valence-electron chi connectivity index (χ2n) is 7.35. The first-order chi connectivity index (χ1) is 15.2. The highest BCUT2D eigenvalue weighted by Gasteiger charge is 2.44. The molecule has 0 saturated carbocycles. The highest BCUT2D eigenvalue weighted by molar-refractivity contribution is 6.30.